The molecule has 0 N–H and O–H groups in total. The van der Waals surface area contributed by atoms with Crippen LogP contribution in [-0.2, 0) is 15.6 Å². The van der Waals surface area contributed by atoms with E-state index in [0.29, 0.717) is 5.75 Å². The van der Waals surface area contributed by atoms with Crippen LogP contribution in [-0.4, -0.2) is 37.2 Å². The average Bonchev–Trinajstić information content (AvgIpc) is 3.05. The topological polar surface area (TPSA) is 49.7 Å². The molecule has 2 aliphatic heterocycles. The first kappa shape index (κ1) is 17.5. The Labute approximate surface area is 157 Å². The van der Waals surface area contributed by atoms with Crippen LogP contribution in [0.4, 0.5) is 10.1 Å². The molecule has 0 amide bonds. The number of aryl methyl sites for hydroxylation is 1. The number of aliphatic imine (C=N–C) groups is 1. The number of nitrogens with zero attached hydrogens (tertiary/aromatic N) is 2. The first-order chi connectivity index (χ1) is 12.4. The molecule has 0 aromatic heterocycles. The summed E-state index contributed by atoms with van der Waals surface area (Å²) in [6.07, 6.45) is 0. The van der Waals surface area contributed by atoms with Crippen molar-refractivity contribution in [3.8, 4) is 0 Å². The lowest BCUT2D eigenvalue weighted by molar-refractivity contribution is 0.601. The number of hydrogen-bond acceptors (Lipinski definition) is 5. The van der Waals surface area contributed by atoms with E-state index >= 15 is 0 Å². The third kappa shape index (κ3) is 3.50. The van der Waals surface area contributed by atoms with Crippen molar-refractivity contribution in [3.63, 3.8) is 0 Å². The molecule has 136 valence electrons. The predicted octanol–water partition coefficient (Wildman–Crippen LogP) is 3.41. The molecule has 0 spiro atoms. The zero-order chi connectivity index (χ0) is 18.3. The Bertz CT molecular complexity index is 958. The standard InChI is InChI=1S/C19H19FN2O2S2/c1-13-5-7-16(8-6-13)22-18-12-26(23,24)11-17(18)21-19(22)25-10-14-3-2-4-15(20)9-14/h2-9,17-18H,10-12H2,1H3/t17-,18-/m0/s1. The van der Waals surface area contributed by atoms with E-state index in [9.17, 15) is 12.8 Å². The molecule has 4 rings (SSSR count). The quantitative estimate of drug-likeness (QED) is 0.806. The second-order valence-corrected chi connectivity index (χ2v) is 9.84. The Kier molecular flexibility index (Phi) is 4.52. The highest BCUT2D eigenvalue weighted by molar-refractivity contribution is 8.13. The maximum Gasteiger partial charge on any atom is 0.164 e. The molecule has 2 aliphatic rings. The first-order valence-corrected chi connectivity index (χ1v) is 11.2. The fourth-order valence-corrected chi connectivity index (χ4v) is 6.32. The van der Waals surface area contributed by atoms with Crippen molar-refractivity contribution in [2.75, 3.05) is 16.4 Å². The molecule has 0 bridgehead atoms. The van der Waals surface area contributed by atoms with E-state index in [1.165, 1.54) is 23.9 Å². The summed E-state index contributed by atoms with van der Waals surface area (Å²) in [6.45, 7) is 2.02. The van der Waals surface area contributed by atoms with Gasteiger partial charge in [-0.15, -0.1) is 0 Å². The smallest absolute Gasteiger partial charge is 0.164 e. The number of fused-ring (bicyclic) bond motifs is 1. The largest absolute Gasteiger partial charge is 0.315 e. The molecule has 0 aliphatic carbocycles. The van der Waals surface area contributed by atoms with Crippen molar-refractivity contribution in [2.45, 2.75) is 24.8 Å². The van der Waals surface area contributed by atoms with Crippen molar-refractivity contribution in [1.82, 2.24) is 0 Å². The van der Waals surface area contributed by atoms with E-state index in [1.54, 1.807) is 6.07 Å². The maximum absolute atomic E-state index is 13.4. The Balaban J connectivity index is 1.61. The normalized spacial score (nSPS) is 23.8. The Morgan fingerprint density at radius 3 is 2.69 bits per heavy atom. The minimum absolute atomic E-state index is 0.101. The molecule has 26 heavy (non-hydrogen) atoms. The summed E-state index contributed by atoms with van der Waals surface area (Å²) in [7, 11) is -3.06. The minimum Gasteiger partial charge on any atom is -0.315 e. The van der Waals surface area contributed by atoms with Crippen LogP contribution in [0.15, 0.2) is 53.5 Å². The fourth-order valence-electron chi connectivity index (χ4n) is 3.42. The Hall–Kier alpha value is -1.86. The molecule has 0 radical (unpaired) electrons. The van der Waals surface area contributed by atoms with E-state index in [0.717, 1.165) is 22.0 Å². The molecular formula is C19H19FN2O2S2. The maximum atomic E-state index is 13.4. The van der Waals surface area contributed by atoms with Crippen LogP contribution in [0.5, 0.6) is 0 Å². The van der Waals surface area contributed by atoms with Crippen molar-refractivity contribution in [1.29, 1.82) is 0 Å². The van der Waals surface area contributed by atoms with Gasteiger partial charge in [0.15, 0.2) is 15.0 Å². The van der Waals surface area contributed by atoms with Crippen LogP contribution >= 0.6 is 11.8 Å². The fraction of sp³-hybridized carbons (Fsp3) is 0.316. The molecular weight excluding hydrogens is 371 g/mol. The lowest BCUT2D eigenvalue weighted by Crippen LogP contribution is -2.39. The molecule has 2 aromatic carbocycles. The van der Waals surface area contributed by atoms with E-state index in [4.69, 9.17) is 4.99 Å². The van der Waals surface area contributed by atoms with Crippen molar-refractivity contribution in [3.05, 3.63) is 65.5 Å². The number of sulfone groups is 1. The molecule has 1 saturated heterocycles. The number of halogens is 1. The molecule has 2 heterocycles. The van der Waals surface area contributed by atoms with Gasteiger partial charge in [0.05, 0.1) is 23.6 Å². The summed E-state index contributed by atoms with van der Waals surface area (Å²) < 4.78 is 37.5. The number of hydrogen-bond donors (Lipinski definition) is 0. The molecule has 2 atom stereocenters. The van der Waals surface area contributed by atoms with Gasteiger partial charge < -0.3 is 4.90 Å². The van der Waals surface area contributed by atoms with E-state index in [-0.39, 0.29) is 29.4 Å². The lowest BCUT2D eigenvalue weighted by atomic mass is 10.1. The summed E-state index contributed by atoms with van der Waals surface area (Å²) in [4.78, 5) is 6.74. The van der Waals surface area contributed by atoms with E-state index in [1.807, 2.05) is 42.2 Å². The second-order valence-electron chi connectivity index (χ2n) is 6.75. The van der Waals surface area contributed by atoms with Gasteiger partial charge in [0.25, 0.3) is 0 Å². The molecule has 4 nitrogen and oxygen atoms in total. The third-order valence-corrected chi connectivity index (χ3v) is 7.41. The monoisotopic (exact) mass is 390 g/mol. The second kappa shape index (κ2) is 6.70. The molecule has 2 aromatic rings. The van der Waals surface area contributed by atoms with E-state index in [2.05, 4.69) is 0 Å². The van der Waals surface area contributed by atoms with Crippen LogP contribution in [0.3, 0.4) is 0 Å². The van der Waals surface area contributed by atoms with Gasteiger partial charge in [-0.05, 0) is 36.8 Å². The van der Waals surface area contributed by atoms with Gasteiger partial charge >= 0.3 is 0 Å². The van der Waals surface area contributed by atoms with Crippen LogP contribution < -0.4 is 4.90 Å². The first-order valence-electron chi connectivity index (χ1n) is 8.43. The molecule has 0 unspecified atom stereocenters. The van der Waals surface area contributed by atoms with Gasteiger partial charge in [0.2, 0.25) is 0 Å². The van der Waals surface area contributed by atoms with E-state index < -0.39 is 9.84 Å². The van der Waals surface area contributed by atoms with Gasteiger partial charge in [0.1, 0.15) is 5.82 Å². The zero-order valence-corrected chi connectivity index (χ0v) is 15.9. The number of rotatable bonds is 3. The average molecular weight is 391 g/mol. The van der Waals surface area contributed by atoms with Crippen molar-refractivity contribution in [2.24, 2.45) is 4.99 Å². The highest BCUT2D eigenvalue weighted by Gasteiger charge is 2.47. The van der Waals surface area contributed by atoms with Gasteiger partial charge in [-0.2, -0.15) is 0 Å². The van der Waals surface area contributed by atoms with Crippen LogP contribution in [0.2, 0.25) is 0 Å². The van der Waals surface area contributed by atoms with Gasteiger partial charge in [-0.1, -0.05) is 41.6 Å². The van der Waals surface area contributed by atoms with Gasteiger partial charge in [-0.3, -0.25) is 4.99 Å². The number of anilines is 1. The number of amidine groups is 1. The number of thioether (sulfide) groups is 1. The summed E-state index contributed by atoms with van der Waals surface area (Å²) in [5.74, 6) is 0.559. The summed E-state index contributed by atoms with van der Waals surface area (Å²) in [5.41, 5.74) is 2.98. The van der Waals surface area contributed by atoms with Crippen LogP contribution in [0.1, 0.15) is 11.1 Å². The summed E-state index contributed by atoms with van der Waals surface area (Å²) in [6, 6.07) is 14.2. The van der Waals surface area contributed by atoms with Crippen LogP contribution in [0.25, 0.3) is 0 Å². The highest BCUT2D eigenvalue weighted by atomic mass is 32.2. The van der Waals surface area contributed by atoms with Gasteiger partial charge in [0, 0.05) is 11.4 Å². The molecule has 7 heteroatoms. The van der Waals surface area contributed by atoms with Crippen LogP contribution in [0, 0.1) is 12.7 Å². The van der Waals surface area contributed by atoms with Crippen molar-refractivity contribution < 1.29 is 12.8 Å². The highest BCUT2D eigenvalue weighted by Crippen LogP contribution is 2.36. The summed E-state index contributed by atoms with van der Waals surface area (Å²) in [5, 5.41) is 0.808. The Morgan fingerprint density at radius 2 is 1.96 bits per heavy atom. The van der Waals surface area contributed by atoms with Crippen molar-refractivity contribution >= 4 is 32.5 Å². The van der Waals surface area contributed by atoms with Gasteiger partial charge in [-0.25, -0.2) is 12.8 Å². The number of benzene rings is 2. The predicted molar refractivity (Wildman–Crippen MR) is 105 cm³/mol. The minimum atomic E-state index is -3.06. The zero-order valence-electron chi connectivity index (χ0n) is 14.3. The SMILES string of the molecule is Cc1ccc(N2C(SCc3cccc(F)c3)=N[C@H]3CS(=O)(=O)C[C@@H]32)cc1. The molecule has 0 saturated carbocycles. The summed E-state index contributed by atoms with van der Waals surface area (Å²) >= 11 is 1.52. The lowest BCUT2D eigenvalue weighted by Gasteiger charge is -2.26. The third-order valence-electron chi connectivity index (χ3n) is 4.68. The molecule has 1 fully saturated rings. The Morgan fingerprint density at radius 1 is 1.19 bits per heavy atom.